The molecule has 3 nitrogen and oxygen atoms in total. The second-order valence-electron chi connectivity index (χ2n) is 5.94. The Morgan fingerprint density at radius 3 is 2.61 bits per heavy atom. The van der Waals surface area contributed by atoms with Crippen LogP contribution in [0.5, 0.6) is 0 Å². The number of ether oxygens (including phenoxy) is 1. The zero-order valence-electron chi connectivity index (χ0n) is 13.3. The van der Waals surface area contributed by atoms with E-state index in [4.69, 9.17) is 4.74 Å². The van der Waals surface area contributed by atoms with Crippen molar-refractivity contribution < 1.29 is 14.3 Å². The molecule has 1 fully saturated rings. The Balaban J connectivity index is 2.15. The van der Waals surface area contributed by atoms with Crippen LogP contribution in [0.3, 0.4) is 0 Å². The third-order valence-corrected chi connectivity index (χ3v) is 4.68. The number of rotatable bonds is 4. The third-order valence-electron chi connectivity index (χ3n) is 4.68. The number of hydrogen-bond donors (Lipinski definition) is 0. The SMILES string of the molecule is C=C1CCC[C@]1(C(=O)OCC)C(=O)c1cccc2ccccc12. The fraction of sp³-hybridized carbons (Fsp3) is 0.300. The molecule has 2 aromatic carbocycles. The zero-order chi connectivity index (χ0) is 16.4. The number of ketones is 1. The van der Waals surface area contributed by atoms with Gasteiger partial charge in [-0.1, -0.05) is 54.6 Å². The van der Waals surface area contributed by atoms with Gasteiger partial charge in [-0.05, 0) is 37.0 Å². The summed E-state index contributed by atoms with van der Waals surface area (Å²) in [5.41, 5.74) is 0.0215. The van der Waals surface area contributed by atoms with E-state index in [1.807, 2.05) is 36.4 Å². The highest BCUT2D eigenvalue weighted by Crippen LogP contribution is 2.46. The summed E-state index contributed by atoms with van der Waals surface area (Å²) < 4.78 is 5.23. The molecule has 0 heterocycles. The third kappa shape index (κ3) is 2.37. The van der Waals surface area contributed by atoms with Crippen molar-refractivity contribution in [2.75, 3.05) is 6.61 Å². The maximum atomic E-state index is 13.3. The fourth-order valence-corrected chi connectivity index (χ4v) is 3.48. The Labute approximate surface area is 136 Å². The Morgan fingerprint density at radius 1 is 1.17 bits per heavy atom. The van der Waals surface area contributed by atoms with Gasteiger partial charge >= 0.3 is 5.97 Å². The average molecular weight is 308 g/mol. The molecule has 118 valence electrons. The summed E-state index contributed by atoms with van der Waals surface area (Å²) in [7, 11) is 0. The van der Waals surface area contributed by atoms with E-state index in [9.17, 15) is 9.59 Å². The van der Waals surface area contributed by atoms with Crippen LogP contribution >= 0.6 is 0 Å². The molecule has 3 rings (SSSR count). The van der Waals surface area contributed by atoms with Crippen molar-refractivity contribution in [3.63, 3.8) is 0 Å². The van der Waals surface area contributed by atoms with E-state index in [1.54, 1.807) is 13.0 Å². The summed E-state index contributed by atoms with van der Waals surface area (Å²) in [4.78, 5) is 26.0. The van der Waals surface area contributed by atoms with Crippen LogP contribution in [0.25, 0.3) is 10.8 Å². The lowest BCUT2D eigenvalue weighted by Crippen LogP contribution is -2.39. The molecular formula is C20H20O3. The van der Waals surface area contributed by atoms with Crippen LogP contribution in [0.15, 0.2) is 54.6 Å². The topological polar surface area (TPSA) is 43.4 Å². The fourth-order valence-electron chi connectivity index (χ4n) is 3.48. The lowest BCUT2D eigenvalue weighted by molar-refractivity contribution is -0.150. The van der Waals surface area contributed by atoms with Crippen molar-refractivity contribution in [1.29, 1.82) is 0 Å². The molecule has 0 spiro atoms. The van der Waals surface area contributed by atoms with Gasteiger partial charge in [-0.3, -0.25) is 9.59 Å². The van der Waals surface area contributed by atoms with Crippen molar-refractivity contribution in [3.8, 4) is 0 Å². The predicted molar refractivity (Wildman–Crippen MR) is 90.3 cm³/mol. The van der Waals surface area contributed by atoms with Crippen LogP contribution in [-0.2, 0) is 9.53 Å². The average Bonchev–Trinajstić information content (AvgIpc) is 2.96. The molecule has 0 N–H and O–H groups in total. The number of Topliss-reactive ketones (excluding diaryl/α,β-unsaturated/α-hetero) is 1. The van der Waals surface area contributed by atoms with E-state index in [0.717, 1.165) is 17.2 Å². The van der Waals surface area contributed by atoms with E-state index in [0.29, 0.717) is 24.0 Å². The van der Waals surface area contributed by atoms with Gasteiger partial charge in [-0.2, -0.15) is 0 Å². The number of carbonyl (C=O) groups excluding carboxylic acids is 2. The van der Waals surface area contributed by atoms with Crippen molar-refractivity contribution in [3.05, 3.63) is 60.2 Å². The van der Waals surface area contributed by atoms with Crippen LogP contribution in [0.2, 0.25) is 0 Å². The van der Waals surface area contributed by atoms with Gasteiger partial charge in [-0.15, -0.1) is 0 Å². The summed E-state index contributed by atoms with van der Waals surface area (Å²) in [5.74, 6) is -0.643. The van der Waals surface area contributed by atoms with Crippen molar-refractivity contribution in [2.45, 2.75) is 26.2 Å². The number of esters is 1. The zero-order valence-corrected chi connectivity index (χ0v) is 13.3. The number of hydrogen-bond acceptors (Lipinski definition) is 3. The second-order valence-corrected chi connectivity index (χ2v) is 5.94. The minimum atomic E-state index is -1.22. The van der Waals surface area contributed by atoms with Gasteiger partial charge in [0.1, 0.15) is 0 Å². The normalized spacial score (nSPS) is 20.7. The minimum Gasteiger partial charge on any atom is -0.465 e. The molecule has 0 bridgehead atoms. The monoisotopic (exact) mass is 308 g/mol. The van der Waals surface area contributed by atoms with E-state index in [1.165, 1.54) is 0 Å². The molecule has 0 aliphatic heterocycles. The van der Waals surface area contributed by atoms with Crippen molar-refractivity contribution in [2.24, 2.45) is 5.41 Å². The first-order valence-electron chi connectivity index (χ1n) is 7.99. The van der Waals surface area contributed by atoms with Crippen molar-refractivity contribution in [1.82, 2.24) is 0 Å². The van der Waals surface area contributed by atoms with Crippen LogP contribution in [0.4, 0.5) is 0 Å². The molecule has 1 aliphatic rings. The van der Waals surface area contributed by atoms with Crippen LogP contribution < -0.4 is 0 Å². The Kier molecular flexibility index (Phi) is 4.03. The molecule has 0 unspecified atom stereocenters. The quantitative estimate of drug-likeness (QED) is 0.366. The second kappa shape index (κ2) is 5.99. The summed E-state index contributed by atoms with van der Waals surface area (Å²) in [6.07, 6.45) is 1.95. The van der Waals surface area contributed by atoms with E-state index in [-0.39, 0.29) is 12.4 Å². The minimum absolute atomic E-state index is 0.185. The summed E-state index contributed by atoms with van der Waals surface area (Å²) in [5, 5.41) is 1.85. The summed E-state index contributed by atoms with van der Waals surface area (Å²) in [6.45, 7) is 6.03. The smallest absolute Gasteiger partial charge is 0.324 e. The number of carbonyl (C=O) groups is 2. The molecule has 1 atom stereocenters. The summed E-state index contributed by atoms with van der Waals surface area (Å²) >= 11 is 0. The molecule has 1 aliphatic carbocycles. The van der Waals surface area contributed by atoms with E-state index in [2.05, 4.69) is 6.58 Å². The molecule has 2 aromatic rings. The maximum Gasteiger partial charge on any atom is 0.324 e. The van der Waals surface area contributed by atoms with Crippen LogP contribution in [0, 0.1) is 5.41 Å². The van der Waals surface area contributed by atoms with Gasteiger partial charge in [0.15, 0.2) is 11.2 Å². The molecular weight excluding hydrogens is 288 g/mol. The van der Waals surface area contributed by atoms with Gasteiger partial charge < -0.3 is 4.74 Å². The highest BCUT2D eigenvalue weighted by atomic mass is 16.5. The standard InChI is InChI=1S/C20H20O3/c1-3-23-19(22)20(13-7-8-14(20)2)18(21)17-12-6-10-15-9-4-5-11-16(15)17/h4-6,9-12H,2-3,7-8,13H2,1H3/t20-/m1/s1. The predicted octanol–water partition coefficient (Wildman–Crippen LogP) is 4.31. The number of fused-ring (bicyclic) bond motifs is 1. The first kappa shape index (κ1) is 15.5. The molecule has 0 amide bonds. The maximum absolute atomic E-state index is 13.3. The van der Waals surface area contributed by atoms with Gasteiger partial charge in [-0.25, -0.2) is 0 Å². The molecule has 0 saturated heterocycles. The molecule has 1 saturated carbocycles. The Bertz CT molecular complexity index is 785. The summed E-state index contributed by atoms with van der Waals surface area (Å²) in [6, 6.07) is 13.3. The van der Waals surface area contributed by atoms with E-state index >= 15 is 0 Å². The van der Waals surface area contributed by atoms with Crippen molar-refractivity contribution >= 4 is 22.5 Å². The molecule has 0 aromatic heterocycles. The molecule has 23 heavy (non-hydrogen) atoms. The molecule has 0 radical (unpaired) electrons. The van der Waals surface area contributed by atoms with Crippen LogP contribution in [0.1, 0.15) is 36.5 Å². The Morgan fingerprint density at radius 2 is 1.91 bits per heavy atom. The number of benzene rings is 2. The first-order chi connectivity index (χ1) is 11.1. The highest BCUT2D eigenvalue weighted by molar-refractivity contribution is 6.20. The van der Waals surface area contributed by atoms with Gasteiger partial charge in [0, 0.05) is 5.56 Å². The highest BCUT2D eigenvalue weighted by Gasteiger charge is 2.52. The lowest BCUT2D eigenvalue weighted by atomic mass is 9.75. The van der Waals surface area contributed by atoms with Gasteiger partial charge in [0.05, 0.1) is 6.61 Å². The largest absolute Gasteiger partial charge is 0.465 e. The van der Waals surface area contributed by atoms with Gasteiger partial charge in [0.25, 0.3) is 0 Å². The molecule has 3 heteroatoms. The van der Waals surface area contributed by atoms with Crippen LogP contribution in [-0.4, -0.2) is 18.4 Å². The van der Waals surface area contributed by atoms with Gasteiger partial charge in [0.2, 0.25) is 0 Å². The lowest BCUT2D eigenvalue weighted by Gasteiger charge is -2.27. The Hall–Kier alpha value is -2.42. The van der Waals surface area contributed by atoms with E-state index < -0.39 is 11.4 Å². The first-order valence-corrected chi connectivity index (χ1v) is 7.99.